The monoisotopic (exact) mass is 478 g/mol. The van der Waals surface area contributed by atoms with E-state index in [0.29, 0.717) is 16.7 Å². The Morgan fingerprint density at radius 2 is 1.43 bits per heavy atom. The molecule has 0 aliphatic heterocycles. The van der Waals surface area contributed by atoms with Crippen LogP contribution in [0.3, 0.4) is 0 Å². The SMILES string of the molecule is CC(C)(C)c1ccc(C(=O)c2csc3ccccc23)c(-c2ccc(O)cc2)c1-c1ccccc1O. The van der Waals surface area contributed by atoms with Gasteiger partial charge in [-0.05, 0) is 46.4 Å². The molecule has 4 heteroatoms. The average molecular weight is 479 g/mol. The molecule has 0 saturated heterocycles. The van der Waals surface area contributed by atoms with Crippen molar-refractivity contribution in [2.45, 2.75) is 26.2 Å². The molecule has 35 heavy (non-hydrogen) atoms. The predicted molar refractivity (Wildman–Crippen MR) is 145 cm³/mol. The fraction of sp³-hybridized carbons (Fsp3) is 0.129. The molecule has 3 nitrogen and oxygen atoms in total. The first-order valence-electron chi connectivity index (χ1n) is 11.5. The molecule has 0 spiro atoms. The van der Waals surface area contributed by atoms with Gasteiger partial charge in [0.1, 0.15) is 11.5 Å². The Labute approximate surface area is 208 Å². The third kappa shape index (κ3) is 4.11. The van der Waals surface area contributed by atoms with Crippen molar-refractivity contribution in [2.24, 2.45) is 0 Å². The van der Waals surface area contributed by atoms with Gasteiger partial charge in [0.2, 0.25) is 0 Å². The van der Waals surface area contributed by atoms with Crippen LogP contribution in [0.25, 0.3) is 32.3 Å². The molecule has 0 bridgehead atoms. The number of rotatable bonds is 4. The lowest BCUT2D eigenvalue weighted by atomic mass is 9.76. The van der Waals surface area contributed by atoms with Crippen LogP contribution in [-0.2, 0) is 5.41 Å². The largest absolute Gasteiger partial charge is 0.508 e. The van der Waals surface area contributed by atoms with E-state index in [-0.39, 0.29) is 22.7 Å². The van der Waals surface area contributed by atoms with E-state index in [2.05, 4.69) is 20.8 Å². The van der Waals surface area contributed by atoms with Gasteiger partial charge >= 0.3 is 0 Å². The quantitative estimate of drug-likeness (QED) is 0.256. The van der Waals surface area contributed by atoms with Crippen LogP contribution in [0.2, 0.25) is 0 Å². The zero-order chi connectivity index (χ0) is 24.7. The highest BCUT2D eigenvalue weighted by atomic mass is 32.1. The Bertz CT molecular complexity index is 1550. The lowest BCUT2D eigenvalue weighted by molar-refractivity contribution is 0.104. The van der Waals surface area contributed by atoms with Crippen LogP contribution in [0.5, 0.6) is 11.5 Å². The summed E-state index contributed by atoms with van der Waals surface area (Å²) < 4.78 is 1.06. The van der Waals surface area contributed by atoms with Crippen molar-refractivity contribution in [1.82, 2.24) is 0 Å². The summed E-state index contributed by atoms with van der Waals surface area (Å²) in [6.07, 6.45) is 0. The van der Waals surface area contributed by atoms with Crippen molar-refractivity contribution < 1.29 is 15.0 Å². The van der Waals surface area contributed by atoms with Crippen LogP contribution in [-0.4, -0.2) is 16.0 Å². The van der Waals surface area contributed by atoms with Gasteiger partial charge in [-0.15, -0.1) is 11.3 Å². The first kappa shape index (κ1) is 22.9. The second-order valence-electron chi connectivity index (χ2n) is 9.70. The molecule has 1 aromatic heterocycles. The van der Waals surface area contributed by atoms with Crippen LogP contribution in [0.4, 0.5) is 0 Å². The Kier molecular flexibility index (Phi) is 5.70. The minimum atomic E-state index is -0.250. The molecule has 2 N–H and O–H groups in total. The van der Waals surface area contributed by atoms with E-state index in [1.807, 2.05) is 66.0 Å². The number of fused-ring (bicyclic) bond motifs is 1. The highest BCUT2D eigenvalue weighted by molar-refractivity contribution is 7.17. The molecule has 0 aliphatic rings. The molecule has 0 atom stereocenters. The van der Waals surface area contributed by atoms with Crippen molar-refractivity contribution in [2.75, 3.05) is 0 Å². The van der Waals surface area contributed by atoms with Crippen LogP contribution in [0.15, 0.2) is 90.3 Å². The van der Waals surface area contributed by atoms with E-state index >= 15 is 0 Å². The second kappa shape index (κ2) is 8.71. The van der Waals surface area contributed by atoms with Crippen LogP contribution in [0, 0.1) is 0 Å². The molecule has 0 unspecified atom stereocenters. The summed E-state index contributed by atoms with van der Waals surface area (Å²) in [5.41, 5.74) is 5.04. The minimum Gasteiger partial charge on any atom is -0.508 e. The number of ketones is 1. The molecule has 5 rings (SSSR count). The smallest absolute Gasteiger partial charge is 0.195 e. The average Bonchev–Trinajstić information content (AvgIpc) is 3.27. The van der Waals surface area contributed by atoms with Gasteiger partial charge in [0.05, 0.1) is 0 Å². The number of aromatic hydroxyl groups is 2. The molecule has 174 valence electrons. The maximum Gasteiger partial charge on any atom is 0.195 e. The topological polar surface area (TPSA) is 57.5 Å². The first-order chi connectivity index (χ1) is 16.8. The van der Waals surface area contributed by atoms with Gasteiger partial charge in [-0.25, -0.2) is 0 Å². The van der Waals surface area contributed by atoms with Crippen molar-refractivity contribution in [3.63, 3.8) is 0 Å². The summed E-state index contributed by atoms with van der Waals surface area (Å²) in [4.78, 5) is 14.1. The van der Waals surface area contributed by atoms with Crippen LogP contribution >= 0.6 is 11.3 Å². The molecule has 0 amide bonds. The zero-order valence-electron chi connectivity index (χ0n) is 19.9. The van der Waals surface area contributed by atoms with Crippen molar-refractivity contribution >= 4 is 27.2 Å². The molecular formula is C31H26O3S. The standard InChI is InChI=1S/C31H26O3S/c1-31(2,3)25-17-16-23(30(34)24-18-35-27-11-7-5-8-21(24)27)28(19-12-14-20(32)15-13-19)29(25)22-9-4-6-10-26(22)33/h4-18,32-33H,1-3H3. The maximum atomic E-state index is 14.1. The molecular weight excluding hydrogens is 452 g/mol. The van der Waals surface area contributed by atoms with E-state index in [0.717, 1.165) is 32.3 Å². The summed E-state index contributed by atoms with van der Waals surface area (Å²) in [5, 5.41) is 23.7. The third-order valence-corrected chi connectivity index (χ3v) is 7.28. The fourth-order valence-electron chi connectivity index (χ4n) is 4.61. The van der Waals surface area contributed by atoms with E-state index < -0.39 is 0 Å². The number of para-hydroxylation sites is 1. The Hall–Kier alpha value is -3.89. The highest BCUT2D eigenvalue weighted by Gasteiger charge is 2.28. The number of carbonyl (C=O) groups excluding carboxylic acids is 1. The summed E-state index contributed by atoms with van der Waals surface area (Å²) in [5.74, 6) is 0.243. The zero-order valence-corrected chi connectivity index (χ0v) is 20.7. The Morgan fingerprint density at radius 3 is 2.14 bits per heavy atom. The number of hydrogen-bond donors (Lipinski definition) is 2. The van der Waals surface area contributed by atoms with E-state index in [1.54, 1.807) is 35.6 Å². The lowest BCUT2D eigenvalue weighted by Crippen LogP contribution is -2.15. The molecule has 0 radical (unpaired) electrons. The number of benzene rings is 4. The number of thiophene rings is 1. The van der Waals surface area contributed by atoms with Crippen LogP contribution < -0.4 is 0 Å². The molecule has 4 aromatic carbocycles. The summed E-state index contributed by atoms with van der Waals surface area (Å²) in [6.45, 7) is 6.38. The molecule has 0 aliphatic carbocycles. The highest BCUT2D eigenvalue weighted by Crippen LogP contribution is 2.46. The Balaban J connectivity index is 1.88. The van der Waals surface area contributed by atoms with Crippen LogP contribution in [0.1, 0.15) is 42.3 Å². The van der Waals surface area contributed by atoms with Crippen molar-refractivity contribution in [3.05, 3.63) is 107 Å². The summed E-state index contributed by atoms with van der Waals surface area (Å²) in [6, 6.07) is 26.0. The maximum absolute atomic E-state index is 14.1. The van der Waals surface area contributed by atoms with Crippen molar-refractivity contribution in [1.29, 1.82) is 0 Å². The van der Waals surface area contributed by atoms with Gasteiger partial charge in [-0.1, -0.05) is 81.4 Å². The van der Waals surface area contributed by atoms with Crippen molar-refractivity contribution in [3.8, 4) is 33.8 Å². The van der Waals surface area contributed by atoms with E-state index in [1.165, 1.54) is 0 Å². The van der Waals surface area contributed by atoms with Gasteiger partial charge in [0.15, 0.2) is 5.78 Å². The minimum absolute atomic E-state index is 0.0670. The normalized spacial score (nSPS) is 11.6. The summed E-state index contributed by atoms with van der Waals surface area (Å²) >= 11 is 1.56. The van der Waals surface area contributed by atoms with E-state index in [4.69, 9.17) is 0 Å². The fourth-order valence-corrected chi connectivity index (χ4v) is 5.55. The molecule has 0 fully saturated rings. The Morgan fingerprint density at radius 1 is 0.743 bits per heavy atom. The van der Waals surface area contributed by atoms with Gasteiger partial charge in [-0.2, -0.15) is 0 Å². The summed E-state index contributed by atoms with van der Waals surface area (Å²) in [7, 11) is 0. The first-order valence-corrected chi connectivity index (χ1v) is 12.4. The second-order valence-corrected chi connectivity index (χ2v) is 10.6. The molecule has 0 saturated carbocycles. The third-order valence-electron chi connectivity index (χ3n) is 6.31. The van der Waals surface area contributed by atoms with Gasteiger partial charge in [0.25, 0.3) is 0 Å². The van der Waals surface area contributed by atoms with Gasteiger partial charge in [0, 0.05) is 37.7 Å². The molecule has 1 heterocycles. The molecule has 5 aromatic rings. The lowest BCUT2D eigenvalue weighted by Gasteiger charge is -2.27. The number of phenols is 2. The number of hydrogen-bond acceptors (Lipinski definition) is 4. The van der Waals surface area contributed by atoms with Gasteiger partial charge in [-0.3, -0.25) is 4.79 Å². The predicted octanol–water partition coefficient (Wildman–Crippen LogP) is 8.18. The van der Waals surface area contributed by atoms with Gasteiger partial charge < -0.3 is 10.2 Å². The van der Waals surface area contributed by atoms with E-state index in [9.17, 15) is 15.0 Å². The number of phenolic OH excluding ortho intramolecular Hbond substituents is 2. The number of carbonyl (C=O) groups is 1.